The Kier molecular flexibility index (Phi) is 4.98. The molecule has 1 heterocycles. The molecule has 2 unspecified atom stereocenters. The van der Waals surface area contributed by atoms with Crippen molar-refractivity contribution in [3.63, 3.8) is 0 Å². The Bertz CT molecular complexity index is 485. The van der Waals surface area contributed by atoms with Gasteiger partial charge < -0.3 is 10.6 Å². The van der Waals surface area contributed by atoms with Gasteiger partial charge in [-0.2, -0.15) is 5.10 Å². The van der Waals surface area contributed by atoms with Gasteiger partial charge in [0.2, 0.25) is 0 Å². The van der Waals surface area contributed by atoms with Crippen LogP contribution in [0.5, 0.6) is 0 Å². The largest absolute Gasteiger partial charge is 0.332 e. The molecule has 0 aliphatic rings. The summed E-state index contributed by atoms with van der Waals surface area (Å²) < 4.78 is 1.93. The van der Waals surface area contributed by atoms with Gasteiger partial charge in [-0.1, -0.05) is 6.08 Å². The van der Waals surface area contributed by atoms with Crippen LogP contribution in [0.2, 0.25) is 0 Å². The highest BCUT2D eigenvalue weighted by atomic mass is 16.2. The Labute approximate surface area is 121 Å². The number of carbonyl (C=O) groups excluding carboxylic acids is 1. The Balaban J connectivity index is 2.78. The third-order valence-electron chi connectivity index (χ3n) is 3.15. The fraction of sp³-hybridized carbons (Fsp3) is 0.600. The van der Waals surface area contributed by atoms with Crippen molar-refractivity contribution in [2.45, 2.75) is 59.2 Å². The van der Waals surface area contributed by atoms with Gasteiger partial charge in [0.15, 0.2) is 0 Å². The predicted molar refractivity (Wildman–Crippen MR) is 81.7 cm³/mol. The van der Waals surface area contributed by atoms with Crippen LogP contribution < -0.4 is 10.6 Å². The van der Waals surface area contributed by atoms with Crippen molar-refractivity contribution in [2.24, 2.45) is 0 Å². The maximum absolute atomic E-state index is 11.8. The summed E-state index contributed by atoms with van der Waals surface area (Å²) in [4.78, 5) is 11.8. The van der Waals surface area contributed by atoms with E-state index in [1.165, 1.54) is 0 Å². The SMILES string of the molecule is C=CC(C)NC(=O)NC(C)c1cn(C(C)(C)C)nc1C. The second-order valence-electron chi connectivity index (χ2n) is 6.15. The van der Waals surface area contributed by atoms with E-state index < -0.39 is 0 Å². The molecule has 0 fully saturated rings. The Morgan fingerprint density at radius 1 is 1.40 bits per heavy atom. The van der Waals surface area contributed by atoms with E-state index in [4.69, 9.17) is 0 Å². The molecule has 0 radical (unpaired) electrons. The molecule has 1 rings (SSSR count). The van der Waals surface area contributed by atoms with Crippen molar-refractivity contribution in [1.29, 1.82) is 0 Å². The minimum atomic E-state index is -0.201. The van der Waals surface area contributed by atoms with Crippen LogP contribution >= 0.6 is 0 Å². The lowest BCUT2D eigenvalue weighted by Crippen LogP contribution is -2.41. The minimum Gasteiger partial charge on any atom is -0.332 e. The Hall–Kier alpha value is -1.78. The molecule has 1 aromatic rings. The number of aromatic nitrogens is 2. The molecule has 5 nitrogen and oxygen atoms in total. The number of carbonyl (C=O) groups is 1. The van der Waals surface area contributed by atoms with E-state index in [2.05, 4.69) is 43.1 Å². The summed E-state index contributed by atoms with van der Waals surface area (Å²) in [7, 11) is 0. The molecule has 20 heavy (non-hydrogen) atoms. The van der Waals surface area contributed by atoms with Gasteiger partial charge in [-0.3, -0.25) is 4.68 Å². The fourth-order valence-electron chi connectivity index (χ4n) is 1.82. The first-order chi connectivity index (χ1) is 9.15. The zero-order valence-electron chi connectivity index (χ0n) is 13.3. The van der Waals surface area contributed by atoms with Gasteiger partial charge in [0.1, 0.15) is 0 Å². The molecule has 0 saturated heterocycles. The summed E-state index contributed by atoms with van der Waals surface area (Å²) in [5, 5.41) is 10.2. The van der Waals surface area contributed by atoms with Crippen molar-refractivity contribution in [1.82, 2.24) is 20.4 Å². The quantitative estimate of drug-likeness (QED) is 0.832. The third-order valence-corrected chi connectivity index (χ3v) is 3.15. The summed E-state index contributed by atoms with van der Waals surface area (Å²) in [5.74, 6) is 0. The average Bonchev–Trinajstić information content (AvgIpc) is 2.70. The van der Waals surface area contributed by atoms with Crippen LogP contribution in [0, 0.1) is 6.92 Å². The van der Waals surface area contributed by atoms with Crippen LogP contribution in [0.3, 0.4) is 0 Å². The number of nitrogens with zero attached hydrogens (tertiary/aromatic N) is 2. The number of amides is 2. The van der Waals surface area contributed by atoms with Gasteiger partial charge >= 0.3 is 6.03 Å². The molecule has 0 spiro atoms. The van der Waals surface area contributed by atoms with Gasteiger partial charge in [0.05, 0.1) is 17.3 Å². The first kappa shape index (κ1) is 16.3. The van der Waals surface area contributed by atoms with E-state index in [1.807, 2.05) is 31.6 Å². The van der Waals surface area contributed by atoms with Gasteiger partial charge in [-0.05, 0) is 41.5 Å². The van der Waals surface area contributed by atoms with Crippen molar-refractivity contribution >= 4 is 6.03 Å². The highest BCUT2D eigenvalue weighted by Crippen LogP contribution is 2.20. The van der Waals surface area contributed by atoms with E-state index in [0.29, 0.717) is 0 Å². The lowest BCUT2D eigenvalue weighted by Gasteiger charge is -2.19. The molecule has 5 heteroatoms. The lowest BCUT2D eigenvalue weighted by molar-refractivity contribution is 0.236. The van der Waals surface area contributed by atoms with Crippen molar-refractivity contribution in [3.05, 3.63) is 30.1 Å². The summed E-state index contributed by atoms with van der Waals surface area (Å²) in [6.45, 7) is 15.7. The first-order valence-electron chi connectivity index (χ1n) is 6.91. The number of rotatable bonds is 4. The van der Waals surface area contributed by atoms with Crippen molar-refractivity contribution in [3.8, 4) is 0 Å². The number of nitrogens with one attached hydrogen (secondary N) is 2. The molecular formula is C15H26N4O. The predicted octanol–water partition coefficient (Wildman–Crippen LogP) is 2.88. The molecule has 0 aliphatic heterocycles. The number of aryl methyl sites for hydroxylation is 1. The van der Waals surface area contributed by atoms with Gasteiger partial charge in [0, 0.05) is 17.8 Å². The van der Waals surface area contributed by atoms with Gasteiger partial charge in [-0.15, -0.1) is 6.58 Å². The maximum atomic E-state index is 11.8. The van der Waals surface area contributed by atoms with Crippen LogP contribution in [0.15, 0.2) is 18.9 Å². The minimum absolute atomic E-state index is 0.0550. The molecule has 0 bridgehead atoms. The fourth-order valence-corrected chi connectivity index (χ4v) is 1.82. The molecule has 0 saturated carbocycles. The zero-order valence-corrected chi connectivity index (χ0v) is 13.3. The summed E-state index contributed by atoms with van der Waals surface area (Å²) >= 11 is 0. The standard InChI is InChI=1S/C15H26N4O/c1-8-10(2)16-14(20)17-11(3)13-9-19(15(5,6)7)18-12(13)4/h8-11H,1H2,2-7H3,(H2,16,17,20). The molecule has 1 aromatic heterocycles. The summed E-state index contributed by atoms with van der Waals surface area (Å²) in [6, 6.07) is -0.350. The monoisotopic (exact) mass is 278 g/mol. The third kappa shape index (κ3) is 4.11. The number of hydrogen-bond acceptors (Lipinski definition) is 2. The summed E-state index contributed by atoms with van der Waals surface area (Å²) in [5.41, 5.74) is 1.90. The zero-order chi connectivity index (χ0) is 15.5. The maximum Gasteiger partial charge on any atom is 0.315 e. The molecule has 0 aliphatic carbocycles. The van der Waals surface area contributed by atoms with Crippen LogP contribution in [0.4, 0.5) is 4.79 Å². The summed E-state index contributed by atoms with van der Waals surface area (Å²) in [6.07, 6.45) is 3.68. The molecule has 2 amide bonds. The second-order valence-corrected chi connectivity index (χ2v) is 6.15. The van der Waals surface area contributed by atoms with Crippen molar-refractivity contribution < 1.29 is 4.79 Å². The molecule has 0 aromatic carbocycles. The Morgan fingerprint density at radius 3 is 2.45 bits per heavy atom. The number of hydrogen-bond donors (Lipinski definition) is 2. The Morgan fingerprint density at radius 2 is 2.00 bits per heavy atom. The normalized spacial score (nSPS) is 14.5. The van der Waals surface area contributed by atoms with E-state index in [1.54, 1.807) is 6.08 Å². The van der Waals surface area contributed by atoms with E-state index in [9.17, 15) is 4.79 Å². The average molecular weight is 278 g/mol. The molecular weight excluding hydrogens is 252 g/mol. The van der Waals surface area contributed by atoms with Crippen LogP contribution in [0.1, 0.15) is 51.9 Å². The molecule has 2 atom stereocenters. The van der Waals surface area contributed by atoms with Gasteiger partial charge in [-0.25, -0.2) is 4.79 Å². The van der Waals surface area contributed by atoms with Gasteiger partial charge in [0.25, 0.3) is 0 Å². The van der Waals surface area contributed by atoms with Crippen molar-refractivity contribution in [2.75, 3.05) is 0 Å². The topological polar surface area (TPSA) is 59.0 Å². The molecule has 2 N–H and O–H groups in total. The molecule has 112 valence electrons. The van der Waals surface area contributed by atoms with Crippen LogP contribution in [-0.4, -0.2) is 21.9 Å². The van der Waals surface area contributed by atoms with E-state index in [0.717, 1.165) is 11.3 Å². The highest BCUT2D eigenvalue weighted by molar-refractivity contribution is 5.74. The second kappa shape index (κ2) is 6.11. The highest BCUT2D eigenvalue weighted by Gasteiger charge is 2.20. The van der Waals surface area contributed by atoms with E-state index >= 15 is 0 Å². The lowest BCUT2D eigenvalue weighted by atomic mass is 10.1. The van der Waals surface area contributed by atoms with Crippen LogP contribution in [0.25, 0.3) is 0 Å². The van der Waals surface area contributed by atoms with Crippen LogP contribution in [-0.2, 0) is 5.54 Å². The van der Waals surface area contributed by atoms with E-state index in [-0.39, 0.29) is 23.7 Å². The smallest absolute Gasteiger partial charge is 0.315 e. The number of urea groups is 1. The first-order valence-corrected chi connectivity index (χ1v) is 6.91.